The number of aliphatic imine (C=N–C) groups is 1. The van der Waals surface area contributed by atoms with E-state index in [1.54, 1.807) is 23.8 Å². The van der Waals surface area contributed by atoms with E-state index in [0.717, 1.165) is 51.5 Å². The van der Waals surface area contributed by atoms with Crippen molar-refractivity contribution in [2.24, 2.45) is 10.4 Å². The number of hydrogen-bond acceptors (Lipinski definition) is 3. The molecule has 0 aromatic carbocycles. The second-order valence-electron chi connectivity index (χ2n) is 7.24. The smallest absolute Gasteiger partial charge is 0.250 e. The molecule has 1 aromatic heterocycles. The molecule has 0 unspecified atom stereocenters. The van der Waals surface area contributed by atoms with Crippen LogP contribution in [0.4, 0.5) is 0 Å². The molecular weight excluding hydrogens is 328 g/mol. The van der Waals surface area contributed by atoms with Crippen molar-refractivity contribution in [2.45, 2.75) is 51.5 Å². The summed E-state index contributed by atoms with van der Waals surface area (Å²) in [6, 6.07) is 5.28. The van der Waals surface area contributed by atoms with Crippen LogP contribution in [0.1, 0.15) is 44.9 Å². The zero-order valence-electron chi connectivity index (χ0n) is 16.3. The molecule has 1 fully saturated rings. The molecule has 2 rings (SSSR count). The van der Waals surface area contributed by atoms with Crippen LogP contribution < -0.4 is 16.2 Å². The van der Waals surface area contributed by atoms with E-state index in [-0.39, 0.29) is 5.56 Å². The number of aromatic nitrogens is 1. The highest BCUT2D eigenvalue weighted by Crippen LogP contribution is 2.40. The zero-order chi connectivity index (χ0) is 18.7. The Labute approximate surface area is 157 Å². The topological polar surface area (TPSA) is 67.7 Å². The van der Waals surface area contributed by atoms with Crippen LogP contribution in [0.2, 0.25) is 0 Å². The maximum absolute atomic E-state index is 11.7. The van der Waals surface area contributed by atoms with Gasteiger partial charge in [0.15, 0.2) is 5.96 Å². The summed E-state index contributed by atoms with van der Waals surface area (Å²) in [6.45, 7) is 3.39. The van der Waals surface area contributed by atoms with Gasteiger partial charge in [-0.25, -0.2) is 0 Å². The minimum Gasteiger partial charge on any atom is -0.385 e. The third-order valence-corrected chi connectivity index (χ3v) is 5.37. The van der Waals surface area contributed by atoms with Crippen molar-refractivity contribution in [2.75, 3.05) is 33.9 Å². The number of pyridine rings is 1. The number of rotatable bonds is 10. The predicted molar refractivity (Wildman–Crippen MR) is 107 cm³/mol. The second-order valence-corrected chi connectivity index (χ2v) is 7.24. The molecule has 1 heterocycles. The predicted octanol–water partition coefficient (Wildman–Crippen LogP) is 2.39. The van der Waals surface area contributed by atoms with E-state index >= 15 is 0 Å². The average molecular weight is 363 g/mol. The quantitative estimate of drug-likeness (QED) is 0.381. The van der Waals surface area contributed by atoms with Gasteiger partial charge in [0.25, 0.3) is 0 Å². The molecule has 0 spiro atoms. The second kappa shape index (κ2) is 11.0. The summed E-state index contributed by atoms with van der Waals surface area (Å²) >= 11 is 0. The largest absolute Gasteiger partial charge is 0.385 e. The van der Waals surface area contributed by atoms with Crippen LogP contribution in [-0.2, 0) is 11.3 Å². The van der Waals surface area contributed by atoms with Gasteiger partial charge < -0.3 is 19.9 Å². The molecule has 2 N–H and O–H groups in total. The van der Waals surface area contributed by atoms with Crippen molar-refractivity contribution in [3.63, 3.8) is 0 Å². The van der Waals surface area contributed by atoms with Gasteiger partial charge in [0.2, 0.25) is 5.56 Å². The third kappa shape index (κ3) is 6.48. The first-order chi connectivity index (χ1) is 12.7. The Hall–Kier alpha value is -1.82. The van der Waals surface area contributed by atoms with Crippen molar-refractivity contribution >= 4 is 5.96 Å². The van der Waals surface area contributed by atoms with E-state index < -0.39 is 0 Å². The maximum Gasteiger partial charge on any atom is 0.250 e. The highest BCUT2D eigenvalue weighted by atomic mass is 16.5. The molecule has 0 amide bonds. The number of guanidine groups is 1. The molecule has 0 aliphatic heterocycles. The lowest BCUT2D eigenvalue weighted by Crippen LogP contribution is -2.43. The van der Waals surface area contributed by atoms with Crippen LogP contribution in [0.3, 0.4) is 0 Å². The first kappa shape index (κ1) is 20.5. The lowest BCUT2D eigenvalue weighted by atomic mass is 9.83. The maximum atomic E-state index is 11.7. The Bertz CT molecular complexity index is 606. The molecule has 0 saturated heterocycles. The molecule has 1 saturated carbocycles. The van der Waals surface area contributed by atoms with Crippen molar-refractivity contribution in [1.82, 2.24) is 15.2 Å². The number of methoxy groups -OCH3 is 1. The Kier molecular flexibility index (Phi) is 8.68. The molecule has 146 valence electrons. The lowest BCUT2D eigenvalue weighted by molar-refractivity contribution is 0.138. The summed E-state index contributed by atoms with van der Waals surface area (Å²) < 4.78 is 7.06. The zero-order valence-corrected chi connectivity index (χ0v) is 16.3. The van der Waals surface area contributed by atoms with Crippen LogP contribution in [0.25, 0.3) is 0 Å². The van der Waals surface area contributed by atoms with Gasteiger partial charge in [0, 0.05) is 52.7 Å². The van der Waals surface area contributed by atoms with E-state index in [9.17, 15) is 4.79 Å². The van der Waals surface area contributed by atoms with Crippen LogP contribution in [0, 0.1) is 5.41 Å². The van der Waals surface area contributed by atoms with Crippen molar-refractivity contribution in [1.29, 1.82) is 0 Å². The number of nitrogens with one attached hydrogen (secondary N) is 2. The summed E-state index contributed by atoms with van der Waals surface area (Å²) in [4.78, 5) is 16.0. The number of nitrogens with zero attached hydrogens (tertiary/aromatic N) is 2. The third-order valence-electron chi connectivity index (χ3n) is 5.37. The van der Waals surface area contributed by atoms with E-state index in [2.05, 4.69) is 15.6 Å². The van der Waals surface area contributed by atoms with Crippen molar-refractivity contribution in [3.8, 4) is 0 Å². The summed E-state index contributed by atoms with van der Waals surface area (Å²) in [5.41, 5.74) is 0.415. The summed E-state index contributed by atoms with van der Waals surface area (Å²) in [5.74, 6) is 0.866. The van der Waals surface area contributed by atoms with Gasteiger partial charge in [0.1, 0.15) is 0 Å². The Morgan fingerprint density at radius 2 is 2.08 bits per heavy atom. The minimum absolute atomic E-state index is 0.0656. The van der Waals surface area contributed by atoms with Gasteiger partial charge in [0.05, 0.1) is 0 Å². The van der Waals surface area contributed by atoms with Crippen molar-refractivity contribution in [3.05, 3.63) is 34.7 Å². The van der Waals surface area contributed by atoms with E-state index in [1.165, 1.54) is 25.7 Å². The Morgan fingerprint density at radius 3 is 2.77 bits per heavy atom. The van der Waals surface area contributed by atoms with E-state index in [0.29, 0.717) is 5.41 Å². The van der Waals surface area contributed by atoms with Crippen molar-refractivity contribution < 1.29 is 4.74 Å². The van der Waals surface area contributed by atoms with Gasteiger partial charge in [-0.2, -0.15) is 0 Å². The fourth-order valence-electron chi connectivity index (χ4n) is 3.71. The van der Waals surface area contributed by atoms with Crippen LogP contribution in [0.15, 0.2) is 34.2 Å². The summed E-state index contributed by atoms with van der Waals surface area (Å²) in [5, 5.41) is 6.89. The van der Waals surface area contributed by atoms with Gasteiger partial charge in [-0.15, -0.1) is 0 Å². The molecule has 0 radical (unpaired) electrons. The lowest BCUT2D eigenvalue weighted by Gasteiger charge is -2.30. The fourth-order valence-corrected chi connectivity index (χ4v) is 3.71. The monoisotopic (exact) mass is 362 g/mol. The Morgan fingerprint density at radius 1 is 1.27 bits per heavy atom. The first-order valence-corrected chi connectivity index (χ1v) is 9.78. The first-order valence-electron chi connectivity index (χ1n) is 9.78. The van der Waals surface area contributed by atoms with Gasteiger partial charge in [-0.1, -0.05) is 18.9 Å². The van der Waals surface area contributed by atoms with Gasteiger partial charge in [-0.05, 0) is 43.6 Å². The molecule has 1 aromatic rings. The summed E-state index contributed by atoms with van der Waals surface area (Å²) in [6.07, 6.45) is 10.1. The van der Waals surface area contributed by atoms with Crippen LogP contribution in [-0.4, -0.2) is 44.4 Å². The van der Waals surface area contributed by atoms with Gasteiger partial charge >= 0.3 is 0 Å². The number of unbranched alkanes of at least 4 members (excludes halogenated alkanes) is 1. The molecule has 1 aliphatic rings. The molecule has 26 heavy (non-hydrogen) atoms. The number of aryl methyl sites for hydroxylation is 1. The highest BCUT2D eigenvalue weighted by molar-refractivity contribution is 5.79. The molecule has 0 atom stereocenters. The standard InChI is InChI=1S/C20H34N4O2/c1-21-19(23-17-20(12-16-26-2)10-4-5-11-20)22-13-6-8-15-24-14-7-3-9-18(24)25/h3,7,9,14H,4-6,8,10-13,15-17H2,1-2H3,(H2,21,22,23). The summed E-state index contributed by atoms with van der Waals surface area (Å²) in [7, 11) is 3.59. The molecule has 0 bridgehead atoms. The van der Waals surface area contributed by atoms with Crippen LogP contribution >= 0.6 is 0 Å². The molecule has 6 nitrogen and oxygen atoms in total. The van der Waals surface area contributed by atoms with E-state index in [4.69, 9.17) is 4.74 Å². The average Bonchev–Trinajstić information content (AvgIpc) is 3.13. The van der Waals surface area contributed by atoms with Crippen LogP contribution in [0.5, 0.6) is 0 Å². The molecular formula is C20H34N4O2. The fraction of sp³-hybridized carbons (Fsp3) is 0.700. The van der Waals surface area contributed by atoms with E-state index in [1.807, 2.05) is 19.3 Å². The number of hydrogen-bond donors (Lipinski definition) is 2. The molecule has 6 heteroatoms. The molecule has 1 aliphatic carbocycles. The Balaban J connectivity index is 1.67. The highest BCUT2D eigenvalue weighted by Gasteiger charge is 2.33. The normalized spacial score (nSPS) is 16.6. The van der Waals surface area contributed by atoms with Gasteiger partial charge in [-0.3, -0.25) is 9.79 Å². The number of ether oxygens (including phenoxy) is 1. The SMILES string of the molecule is CN=C(NCCCCn1ccccc1=O)NCC1(CCOC)CCCC1. The minimum atomic E-state index is 0.0656.